The molecule has 1 heterocycles. The molecular formula is C22H26N2O2. The van der Waals surface area contributed by atoms with Crippen molar-refractivity contribution in [2.45, 2.75) is 31.6 Å². The standard InChI is InChI=1S/C22H26N2O2/c1-23(2)14-20(25)18-13-24(17-11-12-17)19-9-6-10-21(22(18)19)26-15-16-7-4-3-5-8-16/h3-10,13,17,20,25H,11-12,14-15H2,1-2H3/t20-/m1/s1. The van der Waals surface area contributed by atoms with Gasteiger partial charge >= 0.3 is 0 Å². The van der Waals surface area contributed by atoms with Crippen LogP contribution in [0.1, 0.15) is 36.1 Å². The molecule has 0 unspecified atom stereocenters. The third kappa shape index (κ3) is 3.48. The summed E-state index contributed by atoms with van der Waals surface area (Å²) in [6.07, 6.45) is 4.02. The van der Waals surface area contributed by atoms with Gasteiger partial charge in [0.15, 0.2) is 0 Å². The Hall–Kier alpha value is -2.30. The van der Waals surface area contributed by atoms with Gasteiger partial charge in [0.05, 0.1) is 11.6 Å². The fourth-order valence-electron chi connectivity index (χ4n) is 3.52. The molecule has 1 aromatic heterocycles. The highest BCUT2D eigenvalue weighted by atomic mass is 16.5. The summed E-state index contributed by atoms with van der Waals surface area (Å²) in [5, 5.41) is 11.8. The molecule has 0 saturated heterocycles. The summed E-state index contributed by atoms with van der Waals surface area (Å²) in [6, 6.07) is 16.9. The minimum Gasteiger partial charge on any atom is -0.488 e. The minimum atomic E-state index is -0.533. The Balaban J connectivity index is 1.72. The average Bonchev–Trinajstić information content (AvgIpc) is 3.40. The van der Waals surface area contributed by atoms with Gasteiger partial charge in [-0.2, -0.15) is 0 Å². The quantitative estimate of drug-likeness (QED) is 0.695. The Bertz CT molecular complexity index is 882. The van der Waals surface area contributed by atoms with E-state index in [1.54, 1.807) is 0 Å². The van der Waals surface area contributed by atoms with E-state index >= 15 is 0 Å². The number of nitrogens with zero attached hydrogens (tertiary/aromatic N) is 2. The molecule has 1 aliphatic carbocycles. The number of aliphatic hydroxyl groups is 1. The van der Waals surface area contributed by atoms with Crippen LogP contribution in [-0.4, -0.2) is 35.2 Å². The topological polar surface area (TPSA) is 37.6 Å². The van der Waals surface area contributed by atoms with Gasteiger partial charge in [-0.15, -0.1) is 0 Å². The lowest BCUT2D eigenvalue weighted by Crippen LogP contribution is -2.19. The highest BCUT2D eigenvalue weighted by Gasteiger charge is 2.28. The first-order valence-corrected chi connectivity index (χ1v) is 9.26. The Morgan fingerprint density at radius 3 is 2.58 bits per heavy atom. The predicted molar refractivity (Wildman–Crippen MR) is 104 cm³/mol. The van der Waals surface area contributed by atoms with E-state index in [4.69, 9.17) is 4.74 Å². The molecule has 26 heavy (non-hydrogen) atoms. The van der Waals surface area contributed by atoms with E-state index in [0.717, 1.165) is 27.8 Å². The van der Waals surface area contributed by atoms with Crippen molar-refractivity contribution in [2.75, 3.05) is 20.6 Å². The number of ether oxygens (including phenoxy) is 1. The minimum absolute atomic E-state index is 0.526. The van der Waals surface area contributed by atoms with Crippen molar-refractivity contribution in [3.63, 3.8) is 0 Å². The van der Waals surface area contributed by atoms with E-state index in [0.29, 0.717) is 19.2 Å². The van der Waals surface area contributed by atoms with Crippen molar-refractivity contribution in [3.8, 4) is 5.75 Å². The van der Waals surface area contributed by atoms with Gasteiger partial charge < -0.3 is 19.3 Å². The number of hydrogen-bond donors (Lipinski definition) is 1. The molecule has 1 saturated carbocycles. The monoisotopic (exact) mass is 350 g/mol. The van der Waals surface area contributed by atoms with E-state index in [2.05, 4.69) is 29.0 Å². The molecule has 136 valence electrons. The molecule has 4 nitrogen and oxygen atoms in total. The lowest BCUT2D eigenvalue weighted by molar-refractivity contribution is 0.139. The molecule has 1 fully saturated rings. The van der Waals surface area contributed by atoms with Crippen LogP contribution in [0.3, 0.4) is 0 Å². The van der Waals surface area contributed by atoms with Crippen LogP contribution in [0.5, 0.6) is 5.75 Å². The Morgan fingerprint density at radius 1 is 1.12 bits per heavy atom. The number of aliphatic hydroxyl groups excluding tert-OH is 1. The van der Waals surface area contributed by atoms with Crippen molar-refractivity contribution in [3.05, 3.63) is 65.9 Å². The predicted octanol–water partition coefficient (Wildman–Crippen LogP) is 4.15. The SMILES string of the molecule is CN(C)C[C@@H](O)c1cn(C2CC2)c2cccc(OCc3ccccc3)c12. The molecule has 2 aromatic carbocycles. The zero-order chi connectivity index (χ0) is 18.1. The summed E-state index contributed by atoms with van der Waals surface area (Å²) in [4.78, 5) is 2.01. The van der Waals surface area contributed by atoms with Crippen molar-refractivity contribution in [1.29, 1.82) is 0 Å². The Kier molecular flexibility index (Phi) is 4.70. The maximum Gasteiger partial charge on any atom is 0.129 e. The van der Waals surface area contributed by atoms with E-state index in [9.17, 15) is 5.11 Å². The van der Waals surface area contributed by atoms with Gasteiger partial charge in [0.25, 0.3) is 0 Å². The molecule has 1 N–H and O–H groups in total. The largest absolute Gasteiger partial charge is 0.488 e. The normalized spacial score (nSPS) is 15.5. The number of rotatable bonds is 7. The average molecular weight is 350 g/mol. The Labute approximate surface area is 154 Å². The molecule has 4 rings (SSSR count). The number of hydrogen-bond acceptors (Lipinski definition) is 3. The van der Waals surface area contributed by atoms with Crippen LogP contribution >= 0.6 is 0 Å². The van der Waals surface area contributed by atoms with Gasteiger partial charge in [0.1, 0.15) is 12.4 Å². The van der Waals surface area contributed by atoms with E-state index in [1.165, 1.54) is 12.8 Å². The number of benzene rings is 2. The van der Waals surface area contributed by atoms with Crippen LogP contribution in [-0.2, 0) is 6.61 Å². The molecule has 3 aromatic rings. The zero-order valence-corrected chi connectivity index (χ0v) is 15.4. The summed E-state index contributed by atoms with van der Waals surface area (Å²) in [6.45, 7) is 1.12. The molecule has 1 aliphatic rings. The molecule has 0 radical (unpaired) electrons. The van der Waals surface area contributed by atoms with Crippen molar-refractivity contribution >= 4 is 10.9 Å². The van der Waals surface area contributed by atoms with Gasteiger partial charge in [-0.1, -0.05) is 36.4 Å². The van der Waals surface area contributed by atoms with Gasteiger partial charge in [0.2, 0.25) is 0 Å². The molecule has 0 spiro atoms. The van der Waals surface area contributed by atoms with E-state index < -0.39 is 6.10 Å². The lowest BCUT2D eigenvalue weighted by Gasteiger charge is -2.16. The lowest BCUT2D eigenvalue weighted by atomic mass is 10.1. The van der Waals surface area contributed by atoms with Gasteiger partial charge in [0, 0.05) is 29.7 Å². The van der Waals surface area contributed by atoms with Gasteiger partial charge in [-0.05, 0) is 44.6 Å². The summed E-state index contributed by atoms with van der Waals surface area (Å²) in [5.41, 5.74) is 3.26. The highest BCUT2D eigenvalue weighted by molar-refractivity contribution is 5.90. The van der Waals surface area contributed by atoms with Gasteiger partial charge in [-0.3, -0.25) is 0 Å². The number of likely N-dealkylation sites (N-methyl/N-ethyl adjacent to an activating group) is 1. The molecule has 0 aliphatic heterocycles. The zero-order valence-electron chi connectivity index (χ0n) is 15.4. The molecule has 0 amide bonds. The van der Waals surface area contributed by atoms with Crippen LogP contribution in [0.25, 0.3) is 10.9 Å². The molecule has 0 bridgehead atoms. The summed E-state index contributed by atoms with van der Waals surface area (Å²) in [5.74, 6) is 0.846. The molecule has 1 atom stereocenters. The third-order valence-electron chi connectivity index (χ3n) is 4.92. The smallest absolute Gasteiger partial charge is 0.129 e. The summed E-state index contributed by atoms with van der Waals surface area (Å²) >= 11 is 0. The number of fused-ring (bicyclic) bond motifs is 1. The molecular weight excluding hydrogens is 324 g/mol. The number of aromatic nitrogens is 1. The first-order valence-electron chi connectivity index (χ1n) is 9.26. The summed E-state index contributed by atoms with van der Waals surface area (Å²) < 4.78 is 8.49. The first kappa shape index (κ1) is 17.1. The van der Waals surface area contributed by atoms with Crippen molar-refractivity contribution in [1.82, 2.24) is 9.47 Å². The first-order chi connectivity index (χ1) is 12.6. The fraction of sp³-hybridized carbons (Fsp3) is 0.364. The van der Waals surface area contributed by atoms with Crippen molar-refractivity contribution in [2.24, 2.45) is 0 Å². The molecule has 4 heteroatoms. The third-order valence-corrected chi connectivity index (χ3v) is 4.92. The van der Waals surface area contributed by atoms with Crippen LogP contribution in [0.15, 0.2) is 54.7 Å². The van der Waals surface area contributed by atoms with Crippen LogP contribution in [0.4, 0.5) is 0 Å². The van der Waals surface area contributed by atoms with Crippen LogP contribution < -0.4 is 4.74 Å². The maximum atomic E-state index is 10.8. The second-order valence-corrected chi connectivity index (χ2v) is 7.43. The summed E-state index contributed by atoms with van der Waals surface area (Å²) in [7, 11) is 3.96. The van der Waals surface area contributed by atoms with E-state index in [1.807, 2.05) is 49.3 Å². The van der Waals surface area contributed by atoms with Crippen molar-refractivity contribution < 1.29 is 9.84 Å². The second kappa shape index (κ2) is 7.14. The van der Waals surface area contributed by atoms with Gasteiger partial charge in [-0.25, -0.2) is 0 Å². The van der Waals surface area contributed by atoms with Crippen LogP contribution in [0, 0.1) is 0 Å². The fourth-order valence-corrected chi connectivity index (χ4v) is 3.52. The second-order valence-electron chi connectivity index (χ2n) is 7.43. The Morgan fingerprint density at radius 2 is 1.88 bits per heavy atom. The van der Waals surface area contributed by atoms with E-state index in [-0.39, 0.29) is 0 Å². The highest BCUT2D eigenvalue weighted by Crippen LogP contribution is 2.42. The van der Waals surface area contributed by atoms with Crippen LogP contribution in [0.2, 0.25) is 0 Å². The maximum absolute atomic E-state index is 10.8.